The van der Waals surface area contributed by atoms with Gasteiger partial charge < -0.3 is 25.0 Å². The second-order valence-corrected chi connectivity index (χ2v) is 12.4. The topological polar surface area (TPSA) is 117 Å². The van der Waals surface area contributed by atoms with Crippen LogP contribution in [-0.4, -0.2) is 71.7 Å². The van der Waals surface area contributed by atoms with Gasteiger partial charge in [-0.25, -0.2) is 13.2 Å². The van der Waals surface area contributed by atoms with E-state index in [4.69, 9.17) is 21.1 Å². The molecule has 10 nitrogen and oxygen atoms in total. The van der Waals surface area contributed by atoms with Crippen molar-refractivity contribution in [1.82, 2.24) is 15.5 Å². The number of rotatable bonds is 10. The van der Waals surface area contributed by atoms with Crippen LogP contribution in [0.3, 0.4) is 0 Å². The molecule has 0 bridgehead atoms. The highest BCUT2D eigenvalue weighted by atomic mass is 35.5. The average Bonchev–Trinajstić information content (AvgIpc) is 3.78. The third kappa shape index (κ3) is 7.51. The molecule has 2 aromatic carbocycles. The molecule has 42 heavy (non-hydrogen) atoms. The number of carbonyl (C=O) groups excluding carboxylic acids is 2. The van der Waals surface area contributed by atoms with Gasteiger partial charge >= 0.3 is 12.2 Å². The predicted molar refractivity (Wildman–Crippen MR) is 149 cm³/mol. The van der Waals surface area contributed by atoms with Gasteiger partial charge in [0.2, 0.25) is 5.91 Å². The van der Waals surface area contributed by atoms with Crippen molar-refractivity contribution in [3.05, 3.63) is 47.0 Å². The first-order valence-corrected chi connectivity index (χ1v) is 15.1. The molecule has 1 saturated heterocycles. The Kier molecular flexibility index (Phi) is 9.66. The molecule has 15 heteroatoms. The molecule has 2 N–H and O–H groups in total. The summed E-state index contributed by atoms with van der Waals surface area (Å²) in [5, 5.41) is 5.34. The van der Waals surface area contributed by atoms with Crippen molar-refractivity contribution in [2.45, 2.75) is 42.8 Å². The lowest BCUT2D eigenvalue weighted by Gasteiger charge is -2.35. The fraction of sp³-hybridized carbons (Fsp3) is 0.481. The lowest BCUT2D eigenvalue weighted by molar-refractivity contribution is -0.137. The zero-order valence-electron chi connectivity index (χ0n) is 23.0. The summed E-state index contributed by atoms with van der Waals surface area (Å²) in [4.78, 5) is 26.7. The molecule has 0 radical (unpaired) electrons. The summed E-state index contributed by atoms with van der Waals surface area (Å²) in [5.74, 6) is -0.410. The first kappa shape index (κ1) is 31.5. The van der Waals surface area contributed by atoms with E-state index in [1.54, 1.807) is 0 Å². The van der Waals surface area contributed by atoms with Crippen LogP contribution in [-0.2, 0) is 21.0 Å². The number of likely N-dealkylation sites (tertiary alicyclic amines) is 1. The Balaban J connectivity index is 1.62. The van der Waals surface area contributed by atoms with Crippen molar-refractivity contribution < 1.29 is 40.7 Å². The molecular weight excluding hydrogens is 601 g/mol. The number of piperidine rings is 1. The number of halogens is 4. The lowest BCUT2D eigenvalue weighted by atomic mass is 9.98. The molecule has 1 saturated carbocycles. The summed E-state index contributed by atoms with van der Waals surface area (Å²) >= 11 is 6.26. The quantitative estimate of drug-likeness (QED) is 0.404. The fourth-order valence-electron chi connectivity index (χ4n) is 4.67. The SMILES string of the molecule is COc1ccc(S(=O)(=O)N(CC(=O)N2CCCC(CNC(=O)NC3CC3)C2)c2cc(C(F)(F)F)ccc2Cl)cc1OC. The van der Waals surface area contributed by atoms with Gasteiger partial charge in [-0.05, 0) is 61.9 Å². The largest absolute Gasteiger partial charge is 0.493 e. The van der Waals surface area contributed by atoms with Crippen molar-refractivity contribution in [2.75, 3.05) is 44.7 Å². The molecule has 230 valence electrons. The highest BCUT2D eigenvalue weighted by molar-refractivity contribution is 7.92. The first-order chi connectivity index (χ1) is 19.8. The molecule has 2 fully saturated rings. The molecule has 1 aliphatic carbocycles. The van der Waals surface area contributed by atoms with E-state index in [1.165, 1.54) is 31.3 Å². The number of hydrogen-bond donors (Lipinski definition) is 2. The van der Waals surface area contributed by atoms with Crippen molar-refractivity contribution >= 4 is 39.2 Å². The van der Waals surface area contributed by atoms with E-state index in [0.29, 0.717) is 29.9 Å². The summed E-state index contributed by atoms with van der Waals surface area (Å²) in [6.45, 7) is 0.0722. The number of methoxy groups -OCH3 is 2. The van der Waals surface area contributed by atoms with Crippen LogP contribution < -0.4 is 24.4 Å². The average molecular weight is 633 g/mol. The standard InChI is InChI=1S/C27H32ClF3N4O6S/c1-40-23-10-8-20(13-24(23)41-2)42(38,39)35(22-12-18(27(29,30)31)5-9-21(22)28)16-25(36)34-11-3-4-17(15-34)14-32-26(37)33-19-6-7-19/h5,8-10,12-13,17,19H,3-4,6-7,11,14-16H2,1-2H3,(H2,32,33,37). The lowest BCUT2D eigenvalue weighted by Crippen LogP contribution is -2.49. The molecule has 1 unspecified atom stereocenters. The molecule has 3 amide bonds. The number of hydrogen-bond acceptors (Lipinski definition) is 6. The fourth-order valence-corrected chi connectivity index (χ4v) is 6.38. The maximum Gasteiger partial charge on any atom is 0.416 e. The van der Waals surface area contributed by atoms with Crippen molar-refractivity contribution in [1.29, 1.82) is 0 Å². The molecule has 2 aliphatic rings. The van der Waals surface area contributed by atoms with Crippen LogP contribution in [0.4, 0.5) is 23.7 Å². The highest BCUT2D eigenvalue weighted by Gasteiger charge is 2.36. The number of ether oxygens (including phenoxy) is 2. The minimum Gasteiger partial charge on any atom is -0.493 e. The second-order valence-electron chi connectivity index (χ2n) is 10.2. The molecule has 0 spiro atoms. The van der Waals surface area contributed by atoms with Crippen LogP contribution in [0.1, 0.15) is 31.2 Å². The van der Waals surface area contributed by atoms with Crippen LogP contribution >= 0.6 is 11.6 Å². The van der Waals surface area contributed by atoms with Gasteiger partial charge in [-0.15, -0.1) is 0 Å². The number of urea groups is 1. The summed E-state index contributed by atoms with van der Waals surface area (Å²) in [6, 6.07) is 5.87. The van der Waals surface area contributed by atoms with Crippen LogP contribution in [0.5, 0.6) is 11.5 Å². The molecule has 4 rings (SSSR count). The number of sulfonamides is 1. The second kappa shape index (κ2) is 12.9. The van der Waals surface area contributed by atoms with Crippen molar-refractivity contribution in [2.24, 2.45) is 5.92 Å². The van der Waals surface area contributed by atoms with Gasteiger partial charge in [0.05, 0.1) is 35.4 Å². The van der Waals surface area contributed by atoms with Crippen LogP contribution in [0.2, 0.25) is 5.02 Å². The normalized spacial score (nSPS) is 17.4. The number of carbonyl (C=O) groups is 2. The van der Waals surface area contributed by atoms with Crippen LogP contribution in [0.25, 0.3) is 0 Å². The van der Waals surface area contributed by atoms with E-state index < -0.39 is 39.9 Å². The van der Waals surface area contributed by atoms with E-state index in [2.05, 4.69) is 10.6 Å². The van der Waals surface area contributed by atoms with E-state index in [9.17, 15) is 31.2 Å². The Morgan fingerprint density at radius 2 is 1.79 bits per heavy atom. The van der Waals surface area contributed by atoms with E-state index in [0.717, 1.165) is 37.5 Å². The number of nitrogens with one attached hydrogen (secondary N) is 2. The van der Waals surface area contributed by atoms with Gasteiger partial charge in [0.25, 0.3) is 10.0 Å². The molecule has 0 aromatic heterocycles. The third-order valence-electron chi connectivity index (χ3n) is 7.10. The molecular formula is C27H32ClF3N4O6S. The third-order valence-corrected chi connectivity index (χ3v) is 9.17. The highest BCUT2D eigenvalue weighted by Crippen LogP contribution is 2.38. The van der Waals surface area contributed by atoms with Gasteiger partial charge in [-0.1, -0.05) is 11.6 Å². The summed E-state index contributed by atoms with van der Waals surface area (Å²) in [7, 11) is -1.97. The smallest absolute Gasteiger partial charge is 0.416 e. The van der Waals surface area contributed by atoms with Crippen LogP contribution in [0, 0.1) is 5.92 Å². The summed E-state index contributed by atoms with van der Waals surface area (Å²) in [5.41, 5.74) is -1.63. The van der Waals surface area contributed by atoms with E-state index >= 15 is 0 Å². The Morgan fingerprint density at radius 1 is 1.07 bits per heavy atom. The van der Waals surface area contributed by atoms with Gasteiger partial charge in [0, 0.05) is 31.7 Å². The van der Waals surface area contributed by atoms with Crippen molar-refractivity contribution in [3.63, 3.8) is 0 Å². The maximum absolute atomic E-state index is 13.9. The first-order valence-electron chi connectivity index (χ1n) is 13.3. The number of benzene rings is 2. The minimum absolute atomic E-state index is 0.0667. The number of nitrogens with zero attached hydrogens (tertiary/aromatic N) is 2. The van der Waals surface area contributed by atoms with Crippen molar-refractivity contribution in [3.8, 4) is 11.5 Å². The number of alkyl halides is 3. The van der Waals surface area contributed by atoms with Gasteiger partial charge in [0.15, 0.2) is 11.5 Å². The van der Waals surface area contributed by atoms with Gasteiger partial charge in [-0.3, -0.25) is 9.10 Å². The van der Waals surface area contributed by atoms with E-state index in [1.807, 2.05) is 0 Å². The molecule has 2 aromatic rings. The zero-order chi connectivity index (χ0) is 30.7. The monoisotopic (exact) mass is 632 g/mol. The van der Waals surface area contributed by atoms with Gasteiger partial charge in [-0.2, -0.15) is 13.2 Å². The molecule has 1 aliphatic heterocycles. The Hall–Kier alpha value is -3.39. The molecule has 1 atom stereocenters. The minimum atomic E-state index is -4.79. The Labute approximate surface area is 247 Å². The Bertz CT molecular complexity index is 1420. The maximum atomic E-state index is 13.9. The van der Waals surface area contributed by atoms with Crippen LogP contribution in [0.15, 0.2) is 41.3 Å². The molecule has 1 heterocycles. The van der Waals surface area contributed by atoms with E-state index in [-0.39, 0.29) is 46.0 Å². The number of anilines is 1. The zero-order valence-corrected chi connectivity index (χ0v) is 24.6. The summed E-state index contributed by atoms with van der Waals surface area (Å²) in [6.07, 6.45) is -1.56. The Morgan fingerprint density at radius 3 is 2.43 bits per heavy atom. The van der Waals surface area contributed by atoms with Gasteiger partial charge in [0.1, 0.15) is 6.54 Å². The number of amides is 3. The predicted octanol–water partition coefficient (Wildman–Crippen LogP) is 4.27. The summed E-state index contributed by atoms with van der Waals surface area (Å²) < 4.78 is 79.6.